The summed E-state index contributed by atoms with van der Waals surface area (Å²) in [4.78, 5) is 72.6. The van der Waals surface area contributed by atoms with E-state index in [0.717, 1.165) is 102 Å². The number of hydrogen-bond acceptors (Lipinski definition) is 15. The van der Waals surface area contributed by atoms with E-state index in [4.69, 9.17) is 37.0 Å². The fourth-order valence-corrected chi connectivity index (χ4v) is 12.8. The summed E-state index contributed by atoms with van der Waals surface area (Å²) >= 11 is 0. The highest BCUT2D eigenvalue weighted by molar-refractivity contribution is 7.47. The van der Waals surface area contributed by atoms with Gasteiger partial charge in [-0.15, -0.1) is 0 Å². The second-order valence-electron chi connectivity index (χ2n) is 27.2. The van der Waals surface area contributed by atoms with Crippen molar-refractivity contribution in [1.82, 2.24) is 0 Å². The van der Waals surface area contributed by atoms with Crippen molar-refractivity contribution in [2.75, 3.05) is 39.6 Å². The molecule has 0 aromatic carbocycles. The maximum atomic E-state index is 13.1. The molecule has 19 heteroatoms. The number of phosphoric acid groups is 2. The Bertz CT molecular complexity index is 1810. The van der Waals surface area contributed by atoms with E-state index in [0.29, 0.717) is 25.7 Å². The van der Waals surface area contributed by atoms with Crippen molar-refractivity contribution in [2.24, 2.45) is 11.8 Å². The summed E-state index contributed by atoms with van der Waals surface area (Å²) in [5.74, 6) is -0.626. The molecule has 0 aromatic rings. The van der Waals surface area contributed by atoms with Gasteiger partial charge in [-0.05, 0) is 37.5 Å². The number of aliphatic hydroxyl groups excluding tert-OH is 1. The van der Waals surface area contributed by atoms with Gasteiger partial charge in [0.15, 0.2) is 12.2 Å². The molecule has 3 N–H and O–H groups in total. The van der Waals surface area contributed by atoms with Crippen LogP contribution in [0.5, 0.6) is 0 Å². The molecule has 0 aromatic heterocycles. The Morgan fingerprint density at radius 1 is 0.301 bits per heavy atom. The molecular formula is C74H144O17P2. The maximum absolute atomic E-state index is 13.1. The Hall–Kier alpha value is -1.94. The molecule has 7 atom stereocenters. The highest BCUT2D eigenvalue weighted by Gasteiger charge is 2.30. The zero-order chi connectivity index (χ0) is 68.6. The molecule has 0 aliphatic heterocycles. The summed E-state index contributed by atoms with van der Waals surface area (Å²) in [6, 6.07) is 0. The van der Waals surface area contributed by atoms with Crippen LogP contribution < -0.4 is 0 Å². The SMILES string of the molecule is CCCCCCCCCCCCCCCCCCCCCCCC(=O)O[C@H](COC(=O)CCCCCCCCCCC(C)CC)COP(=O)(O)OC[C@@H](O)COP(=O)(O)OC[C@@H](COC(=O)CCCCCCCCCCCC)OC(=O)CCCCCCCCC(C)CC. The normalized spacial score (nSPS) is 14.6. The second-order valence-corrected chi connectivity index (χ2v) is 30.1. The smallest absolute Gasteiger partial charge is 0.462 e. The van der Waals surface area contributed by atoms with Crippen LogP contribution in [0.1, 0.15) is 382 Å². The van der Waals surface area contributed by atoms with E-state index in [1.165, 1.54) is 199 Å². The van der Waals surface area contributed by atoms with Crippen molar-refractivity contribution in [3.8, 4) is 0 Å². The Balaban J connectivity index is 5.18. The summed E-state index contributed by atoms with van der Waals surface area (Å²) in [5.41, 5.74) is 0. The molecule has 0 spiro atoms. The summed E-state index contributed by atoms with van der Waals surface area (Å²) in [6.45, 7) is 9.52. The largest absolute Gasteiger partial charge is 0.472 e. The third-order valence-electron chi connectivity index (χ3n) is 17.9. The Kier molecular flexibility index (Phi) is 64.6. The number of aliphatic hydroxyl groups is 1. The van der Waals surface area contributed by atoms with Crippen molar-refractivity contribution in [3.05, 3.63) is 0 Å². The van der Waals surface area contributed by atoms with Crippen LogP contribution in [0.25, 0.3) is 0 Å². The van der Waals surface area contributed by atoms with E-state index in [-0.39, 0.29) is 25.7 Å². The molecule has 0 heterocycles. The monoisotopic (exact) mass is 1370 g/mol. The predicted octanol–water partition coefficient (Wildman–Crippen LogP) is 21.6. The van der Waals surface area contributed by atoms with Crippen LogP contribution in [0.4, 0.5) is 0 Å². The minimum Gasteiger partial charge on any atom is -0.462 e. The molecule has 552 valence electrons. The van der Waals surface area contributed by atoms with E-state index in [2.05, 4.69) is 41.5 Å². The average molecular weight is 1370 g/mol. The lowest BCUT2D eigenvalue weighted by atomic mass is 9.99. The van der Waals surface area contributed by atoms with Gasteiger partial charge in [-0.25, -0.2) is 9.13 Å². The summed E-state index contributed by atoms with van der Waals surface area (Å²) in [7, 11) is -9.90. The van der Waals surface area contributed by atoms with Crippen molar-refractivity contribution >= 4 is 39.5 Å². The Morgan fingerprint density at radius 3 is 0.763 bits per heavy atom. The van der Waals surface area contributed by atoms with Crippen LogP contribution in [-0.2, 0) is 65.4 Å². The van der Waals surface area contributed by atoms with E-state index in [9.17, 15) is 43.2 Å². The number of carbonyl (C=O) groups is 4. The standard InChI is InChI=1S/C74H144O17P2/c1-7-11-13-15-17-19-21-22-23-24-25-26-27-28-29-30-31-33-39-46-52-58-73(78)90-69(62-85-72(77)57-51-45-38-35-34-36-42-48-54-66(5)9-3)64-88-92(80,81)86-60-68(75)61-87-93(82,83)89-65-70(91-74(79)59-53-47-41-40-43-49-55-67(6)10-4)63-84-71(76)56-50-44-37-32-20-18-16-14-12-8-2/h66-70,75H,7-65H2,1-6H3,(H,80,81)(H,82,83)/t66?,67?,68-,69-,70-/m1/s1. The minimum absolute atomic E-state index is 0.103. The first kappa shape index (κ1) is 91.1. The first-order valence-corrected chi connectivity index (χ1v) is 41.6. The number of rotatable bonds is 73. The van der Waals surface area contributed by atoms with E-state index in [1.54, 1.807) is 0 Å². The molecule has 0 saturated carbocycles. The van der Waals surface area contributed by atoms with E-state index >= 15 is 0 Å². The number of phosphoric ester groups is 2. The molecular weight excluding hydrogens is 1220 g/mol. The molecule has 4 unspecified atom stereocenters. The summed E-state index contributed by atoms with van der Waals surface area (Å²) < 4.78 is 68.4. The van der Waals surface area contributed by atoms with Gasteiger partial charge in [-0.1, -0.05) is 330 Å². The van der Waals surface area contributed by atoms with Crippen LogP contribution in [0, 0.1) is 11.8 Å². The molecule has 0 saturated heterocycles. The average Bonchev–Trinajstić information content (AvgIpc) is 2.76. The first-order chi connectivity index (χ1) is 44.9. The molecule has 0 amide bonds. The molecule has 0 rings (SSSR count). The minimum atomic E-state index is -4.95. The lowest BCUT2D eigenvalue weighted by molar-refractivity contribution is -0.161. The van der Waals surface area contributed by atoms with Gasteiger partial charge < -0.3 is 33.8 Å². The highest BCUT2D eigenvalue weighted by atomic mass is 31.2. The first-order valence-electron chi connectivity index (χ1n) is 38.6. The van der Waals surface area contributed by atoms with Crippen LogP contribution in [0.3, 0.4) is 0 Å². The Morgan fingerprint density at radius 2 is 0.516 bits per heavy atom. The van der Waals surface area contributed by atoms with E-state index in [1.807, 2.05) is 0 Å². The Labute approximate surface area is 568 Å². The zero-order valence-electron chi connectivity index (χ0n) is 60.6. The summed E-state index contributed by atoms with van der Waals surface area (Å²) in [6.07, 6.45) is 52.9. The van der Waals surface area contributed by atoms with Crippen molar-refractivity contribution in [1.29, 1.82) is 0 Å². The fourth-order valence-electron chi connectivity index (χ4n) is 11.2. The second kappa shape index (κ2) is 66.0. The molecule has 0 radical (unpaired) electrons. The maximum Gasteiger partial charge on any atom is 0.472 e. The van der Waals surface area contributed by atoms with Crippen molar-refractivity contribution < 1.29 is 80.2 Å². The number of esters is 4. The molecule has 17 nitrogen and oxygen atoms in total. The van der Waals surface area contributed by atoms with Gasteiger partial charge in [-0.2, -0.15) is 0 Å². The van der Waals surface area contributed by atoms with Gasteiger partial charge in [0.25, 0.3) is 0 Å². The lowest BCUT2D eigenvalue weighted by Crippen LogP contribution is -2.30. The molecule has 93 heavy (non-hydrogen) atoms. The van der Waals surface area contributed by atoms with Gasteiger partial charge >= 0.3 is 39.5 Å². The van der Waals surface area contributed by atoms with Gasteiger partial charge in [-0.3, -0.25) is 37.3 Å². The number of hydrogen-bond donors (Lipinski definition) is 3. The lowest BCUT2D eigenvalue weighted by Gasteiger charge is -2.21. The van der Waals surface area contributed by atoms with Crippen molar-refractivity contribution in [3.63, 3.8) is 0 Å². The quantitative estimate of drug-likeness (QED) is 0.0222. The molecule has 0 bridgehead atoms. The van der Waals surface area contributed by atoms with Gasteiger partial charge in [0.2, 0.25) is 0 Å². The van der Waals surface area contributed by atoms with Crippen LogP contribution in [-0.4, -0.2) is 96.7 Å². The predicted molar refractivity (Wildman–Crippen MR) is 377 cm³/mol. The van der Waals surface area contributed by atoms with Crippen molar-refractivity contribution in [2.45, 2.75) is 400 Å². The highest BCUT2D eigenvalue weighted by Crippen LogP contribution is 2.45. The van der Waals surface area contributed by atoms with Gasteiger partial charge in [0, 0.05) is 25.7 Å². The van der Waals surface area contributed by atoms with Crippen LogP contribution in [0.2, 0.25) is 0 Å². The molecule has 0 aliphatic carbocycles. The van der Waals surface area contributed by atoms with Gasteiger partial charge in [0.1, 0.15) is 19.3 Å². The molecule has 0 fully saturated rings. The number of unbranched alkanes of at least 4 members (excludes halogenated alkanes) is 41. The topological polar surface area (TPSA) is 237 Å². The number of carbonyl (C=O) groups excluding carboxylic acids is 4. The van der Waals surface area contributed by atoms with Gasteiger partial charge in [0.05, 0.1) is 26.4 Å². The summed E-state index contributed by atoms with van der Waals surface area (Å²) in [5, 5.41) is 10.6. The number of ether oxygens (including phenoxy) is 4. The van der Waals surface area contributed by atoms with E-state index < -0.39 is 97.5 Å². The van der Waals surface area contributed by atoms with Crippen LogP contribution in [0.15, 0.2) is 0 Å². The zero-order valence-corrected chi connectivity index (χ0v) is 62.3. The third-order valence-corrected chi connectivity index (χ3v) is 19.8. The van der Waals surface area contributed by atoms with Crippen LogP contribution >= 0.6 is 15.6 Å². The molecule has 0 aliphatic rings. The fraction of sp³-hybridized carbons (Fsp3) is 0.946. The third kappa shape index (κ3) is 65.8.